The van der Waals surface area contributed by atoms with Crippen LogP contribution < -0.4 is 0 Å². The number of para-hydroxylation sites is 2. The number of urea groups is 2. The van der Waals surface area contributed by atoms with E-state index in [-0.39, 0.29) is 35.4 Å². The second kappa shape index (κ2) is 86.2. The summed E-state index contributed by atoms with van der Waals surface area (Å²) in [6.07, 6.45) is 34.2. The number of likely N-dealkylation sites (tertiary alicyclic amines) is 1. The van der Waals surface area contributed by atoms with E-state index < -0.39 is 12.1 Å². The van der Waals surface area contributed by atoms with E-state index in [2.05, 4.69) is 142 Å². The van der Waals surface area contributed by atoms with Crippen molar-refractivity contribution >= 4 is 112 Å². The van der Waals surface area contributed by atoms with Gasteiger partial charge in [0.1, 0.15) is 16.9 Å². The van der Waals surface area contributed by atoms with Gasteiger partial charge in [-0.05, 0) is 159 Å². The summed E-state index contributed by atoms with van der Waals surface area (Å²) in [4.78, 5) is 90.4. The van der Waals surface area contributed by atoms with Crippen LogP contribution in [0.15, 0.2) is 201 Å². The zero-order valence-electron chi connectivity index (χ0n) is 85.5. The number of imide groups is 4. The van der Waals surface area contributed by atoms with Crippen LogP contribution in [0, 0.1) is 51.4 Å². The molecular weight excluding hydrogens is 1610 g/mol. The molecule has 16 nitrogen and oxygen atoms in total. The molecule has 10 amide bonds. The molecule has 708 valence electrons. The largest absolute Gasteiger partial charge is 0.464 e. The van der Waals surface area contributed by atoms with Crippen LogP contribution in [0.4, 0.5) is 9.59 Å². The first kappa shape index (κ1) is 130. The zero-order valence-corrected chi connectivity index (χ0v) is 87.2. The molecule has 8 heterocycles. The highest BCUT2D eigenvalue weighted by atomic mass is 32.1. The number of hydrogen-bond donors (Lipinski definition) is 0. The molecule has 3 fully saturated rings. The SMILES string of the molecule is CC.CC.CC.CC.CC.CC.CC.CC.CC.CC.CC.CC.CC1CC=CC1.CC1CC=CCC1.CC1CCCC1.CC1CCCCC1.CN1C(=O)C=CC1=O.CN1C(=O)CCC1=O.CN1C(=O)N=NC1=O.CN1C(=O)c2ccccc2C1=O.Cc1cc2ccccc2o1.Cc1cc2ccccc2s1.Cc1coc2ccccc12.Cc1csc2ccccc12. The lowest BCUT2D eigenvalue weighted by molar-refractivity contribution is -0.137. The number of allylic oxidation sites excluding steroid dienone is 4. The van der Waals surface area contributed by atoms with Crippen molar-refractivity contribution in [3.05, 3.63) is 214 Å². The summed E-state index contributed by atoms with van der Waals surface area (Å²) in [6.45, 7) is 65.6. The quantitative estimate of drug-likeness (QED) is 0.104. The number of amides is 10. The van der Waals surface area contributed by atoms with E-state index in [4.69, 9.17) is 8.83 Å². The van der Waals surface area contributed by atoms with Crippen LogP contribution in [0.5, 0.6) is 0 Å². The van der Waals surface area contributed by atoms with Crippen molar-refractivity contribution in [1.82, 2.24) is 19.6 Å². The van der Waals surface area contributed by atoms with Crippen molar-refractivity contribution in [3.8, 4) is 0 Å². The third-order valence-corrected chi connectivity index (χ3v) is 20.0. The van der Waals surface area contributed by atoms with Gasteiger partial charge in [-0.2, -0.15) is 0 Å². The number of azo groups is 1. The Hall–Kier alpha value is -9.52. The number of likely N-dealkylation sites (N-methyl/N-ethyl adjacent to an activating group) is 1. The van der Waals surface area contributed by atoms with E-state index in [1.165, 1.54) is 182 Å². The maximum atomic E-state index is 11.3. The third kappa shape index (κ3) is 54.5. The molecule has 0 bridgehead atoms. The van der Waals surface area contributed by atoms with Gasteiger partial charge >= 0.3 is 12.1 Å². The molecular formula is C108H174N6O10S2. The van der Waals surface area contributed by atoms with Crippen molar-refractivity contribution in [2.24, 2.45) is 33.9 Å². The highest BCUT2D eigenvalue weighted by molar-refractivity contribution is 7.19. The first-order valence-electron chi connectivity index (χ1n) is 47.4. The molecule has 18 heteroatoms. The average Bonchev–Trinajstić information content (AvgIpc) is 1.65. The lowest BCUT2D eigenvalue weighted by atomic mass is 9.91. The topological polar surface area (TPSA) is 201 Å². The van der Waals surface area contributed by atoms with E-state index >= 15 is 0 Å². The molecule has 126 heavy (non-hydrogen) atoms. The van der Waals surface area contributed by atoms with Crippen molar-refractivity contribution < 1.29 is 47.2 Å². The molecule has 2 saturated carbocycles. The van der Waals surface area contributed by atoms with Gasteiger partial charge in [0.05, 0.1) is 17.4 Å². The first-order chi connectivity index (χ1) is 60.9. The molecule has 9 aromatic rings. The number of benzene rings is 5. The van der Waals surface area contributed by atoms with Crippen molar-refractivity contribution in [2.75, 3.05) is 28.2 Å². The standard InChI is InChI=1S/C9H7NO2.2C9H8O.2C9H8S.C7H14.C7H12.C6H12.C6H10.C5H7NO2.C5H5NO2.C3H3N3O2.12C2H6/c1-10-8(11)6-4-2-3-5-7(6)9(10)12;1-7-6-10-9-5-3-2-4-8(7)9;1-7-6-8-4-2-3-5-9(8)10-7;1-7-6-10-9-5-3-2-4-8(7)9;1-7-6-8-4-2-3-5-9(8)10-7;2*1-7-5-3-2-4-6-7;2*1-6-4-2-3-5-6;2*1-6-4(7)2-3-5(6)8;1-6-2(7)4-5-3(6)8;12*1-2/h2-5H,1H3;4*2-6H,1H3;7H,2-6H2,1H3;2-3,7H,4-6H2,1H3;6H,2-5H2,1H3;2-3,6H,4-5H2,1H3;2-3H2,1H3;2-3H,1H3;1H3;12*1-2H3. The number of carbonyl (C=O) groups excluding carboxylic acids is 8. The molecule has 1 atom stereocenters. The normalized spacial score (nSPS) is 14.4. The molecule has 4 aliphatic heterocycles. The van der Waals surface area contributed by atoms with E-state index in [0.717, 1.165) is 55.3 Å². The van der Waals surface area contributed by atoms with E-state index in [9.17, 15) is 38.4 Å². The molecule has 1 unspecified atom stereocenters. The van der Waals surface area contributed by atoms with Crippen LogP contribution in [-0.4, -0.2) is 95.3 Å². The van der Waals surface area contributed by atoms with Crippen LogP contribution in [0.3, 0.4) is 0 Å². The zero-order chi connectivity index (χ0) is 98.1. The molecule has 1 saturated heterocycles. The second-order valence-corrected chi connectivity index (χ2v) is 28.8. The highest BCUT2D eigenvalue weighted by Crippen LogP contribution is 2.28. The van der Waals surface area contributed by atoms with Gasteiger partial charge in [-0.15, -0.1) is 22.7 Å². The summed E-state index contributed by atoms with van der Waals surface area (Å²) in [5, 5.41) is 13.3. The Labute approximate surface area is 775 Å². The molecule has 4 aromatic heterocycles. The lowest BCUT2D eigenvalue weighted by Gasteiger charge is -2.15. The van der Waals surface area contributed by atoms with Crippen LogP contribution in [0.2, 0.25) is 0 Å². The summed E-state index contributed by atoms with van der Waals surface area (Å²) in [6, 6.07) is 42.9. The van der Waals surface area contributed by atoms with Gasteiger partial charge in [0, 0.05) is 78.2 Å². The minimum absolute atomic E-state index is 0.0602. The van der Waals surface area contributed by atoms with E-state index in [1.807, 2.05) is 251 Å². The smallest absolute Gasteiger partial charge is 0.370 e. The Kier molecular flexibility index (Phi) is 88.7. The minimum atomic E-state index is -0.602. The maximum Gasteiger partial charge on any atom is 0.370 e. The number of carbonyl (C=O) groups is 8. The van der Waals surface area contributed by atoms with Gasteiger partial charge in [-0.3, -0.25) is 43.5 Å². The number of rotatable bonds is 0. The predicted octanol–water partition coefficient (Wildman–Crippen LogP) is 34.2. The molecule has 0 radical (unpaired) electrons. The fourth-order valence-electron chi connectivity index (χ4n) is 11.4. The maximum absolute atomic E-state index is 11.3. The summed E-state index contributed by atoms with van der Waals surface area (Å²) >= 11 is 3.67. The number of fused-ring (bicyclic) bond motifs is 5. The van der Waals surface area contributed by atoms with Gasteiger partial charge in [-0.1, -0.05) is 371 Å². The monoisotopic (exact) mass is 1780 g/mol. The number of thiophene rings is 2. The van der Waals surface area contributed by atoms with Gasteiger partial charge < -0.3 is 8.83 Å². The summed E-state index contributed by atoms with van der Waals surface area (Å²) in [7, 11) is 5.78. The van der Waals surface area contributed by atoms with Gasteiger partial charge in [-0.25, -0.2) is 14.5 Å². The fourth-order valence-corrected chi connectivity index (χ4v) is 13.2. The number of nitrogens with zero attached hydrogens (tertiary/aromatic N) is 6. The van der Waals surface area contributed by atoms with E-state index in [1.54, 1.807) is 30.5 Å². The Balaban J connectivity index is -0.000000241. The molecule has 8 aliphatic rings. The molecule has 17 rings (SSSR count). The van der Waals surface area contributed by atoms with Crippen molar-refractivity contribution in [2.45, 2.75) is 324 Å². The molecule has 4 aliphatic carbocycles. The first-order valence-corrected chi connectivity index (χ1v) is 49.1. The van der Waals surface area contributed by atoms with E-state index in [0.29, 0.717) is 24.0 Å². The van der Waals surface area contributed by atoms with Gasteiger partial charge in [0.2, 0.25) is 11.8 Å². The Morgan fingerprint density at radius 2 is 0.754 bits per heavy atom. The fraction of sp³-hybridized carbons (Fsp3) is 0.519. The molecule has 5 aromatic carbocycles. The molecule has 0 spiro atoms. The molecule has 0 N–H and O–H groups in total. The summed E-state index contributed by atoms with van der Waals surface area (Å²) < 4.78 is 13.4. The Morgan fingerprint density at radius 3 is 1.08 bits per heavy atom. The number of aryl methyl sites for hydroxylation is 4. The number of furan rings is 2. The van der Waals surface area contributed by atoms with Crippen LogP contribution in [0.1, 0.15) is 339 Å². The van der Waals surface area contributed by atoms with Crippen LogP contribution in [-0.2, 0) is 19.2 Å². The average molecular weight is 1780 g/mol. The third-order valence-electron chi connectivity index (χ3n) is 17.9. The van der Waals surface area contributed by atoms with Crippen LogP contribution in [0.25, 0.3) is 42.1 Å². The second-order valence-electron chi connectivity index (χ2n) is 26.6. The van der Waals surface area contributed by atoms with Crippen molar-refractivity contribution in [1.29, 1.82) is 0 Å². The predicted molar refractivity (Wildman–Crippen MR) is 551 cm³/mol. The Bertz CT molecular complexity index is 3970. The lowest BCUT2D eigenvalue weighted by Crippen LogP contribution is -2.24. The van der Waals surface area contributed by atoms with Gasteiger partial charge in [0.15, 0.2) is 0 Å². The Morgan fingerprint density at radius 1 is 0.365 bits per heavy atom. The summed E-state index contributed by atoms with van der Waals surface area (Å²) in [5.74, 6) is 3.91. The van der Waals surface area contributed by atoms with Crippen LogP contribution >= 0.6 is 22.7 Å². The summed E-state index contributed by atoms with van der Waals surface area (Å²) in [5.41, 5.74) is 5.55. The van der Waals surface area contributed by atoms with Crippen molar-refractivity contribution in [3.63, 3.8) is 0 Å². The van der Waals surface area contributed by atoms with Gasteiger partial charge in [0.25, 0.3) is 23.6 Å². The number of hydrogen-bond acceptors (Lipinski definition) is 12. The minimum Gasteiger partial charge on any atom is -0.464 e. The highest BCUT2D eigenvalue weighted by Gasteiger charge is 2.32.